The molecule has 9 nitrogen and oxygen atoms in total. The second kappa shape index (κ2) is 12.1. The van der Waals surface area contributed by atoms with Gasteiger partial charge in [0.25, 0.3) is 0 Å². The minimum atomic E-state index is -0.0871. The van der Waals surface area contributed by atoms with E-state index in [1.54, 1.807) is 0 Å². The third kappa shape index (κ3) is 7.13. The number of carbonyl (C=O) groups excluding carboxylic acids is 2. The van der Waals surface area contributed by atoms with Gasteiger partial charge in [-0.3, -0.25) is 30.5 Å². The first-order valence-electron chi connectivity index (χ1n) is 13.6. The zero-order chi connectivity index (χ0) is 24.0. The van der Waals surface area contributed by atoms with Gasteiger partial charge in [-0.1, -0.05) is 46.0 Å². The number of nitrogens with one attached hydrogen (secondary N) is 6. The van der Waals surface area contributed by atoms with Gasteiger partial charge >= 0.3 is 0 Å². The van der Waals surface area contributed by atoms with Crippen LogP contribution < -0.4 is 32.3 Å². The summed E-state index contributed by atoms with van der Waals surface area (Å²) in [5.74, 6) is 1.33. The quantitative estimate of drug-likeness (QED) is 0.285. The van der Waals surface area contributed by atoms with Crippen LogP contribution in [0.25, 0.3) is 0 Å². The van der Waals surface area contributed by atoms with Gasteiger partial charge in [-0.2, -0.15) is 5.48 Å². The highest BCUT2D eigenvalue weighted by molar-refractivity contribution is 5.79. The molecule has 0 aromatic heterocycles. The maximum absolute atomic E-state index is 12.4. The van der Waals surface area contributed by atoms with E-state index in [-0.39, 0.29) is 41.7 Å². The maximum Gasteiger partial charge on any atom is 0.237 e. The van der Waals surface area contributed by atoms with Gasteiger partial charge in [0.05, 0.1) is 12.3 Å². The van der Waals surface area contributed by atoms with Crippen LogP contribution in [0.1, 0.15) is 90.9 Å². The van der Waals surface area contributed by atoms with E-state index >= 15 is 0 Å². The van der Waals surface area contributed by atoms with Crippen molar-refractivity contribution in [2.24, 2.45) is 23.2 Å². The molecule has 4 aliphatic rings. The average Bonchev–Trinajstić information content (AvgIpc) is 3.32. The van der Waals surface area contributed by atoms with Gasteiger partial charge in [0, 0.05) is 31.3 Å². The molecule has 0 spiro atoms. The average molecular weight is 479 g/mol. The summed E-state index contributed by atoms with van der Waals surface area (Å²) >= 11 is 0. The van der Waals surface area contributed by atoms with E-state index in [2.05, 4.69) is 46.1 Å². The SMILES string of the molecule is CC(C)(CNC(=O)CCCC1NC(C2CCCCC2)NO1)CNC1NNC(=O)C2CCCCC12. The van der Waals surface area contributed by atoms with Crippen molar-refractivity contribution in [2.45, 2.75) is 109 Å². The van der Waals surface area contributed by atoms with E-state index in [1.807, 2.05) is 0 Å². The summed E-state index contributed by atoms with van der Waals surface area (Å²) in [7, 11) is 0. The van der Waals surface area contributed by atoms with E-state index in [9.17, 15) is 9.59 Å². The molecule has 5 unspecified atom stereocenters. The molecule has 2 heterocycles. The van der Waals surface area contributed by atoms with E-state index in [1.165, 1.54) is 38.5 Å². The fourth-order valence-corrected chi connectivity index (χ4v) is 6.02. The Morgan fingerprint density at radius 1 is 1.06 bits per heavy atom. The van der Waals surface area contributed by atoms with E-state index < -0.39 is 0 Å². The summed E-state index contributed by atoms with van der Waals surface area (Å²) in [6, 6.07) is 0. The summed E-state index contributed by atoms with van der Waals surface area (Å²) in [5, 5.41) is 10.3. The van der Waals surface area contributed by atoms with Crippen molar-refractivity contribution in [1.29, 1.82) is 0 Å². The molecule has 2 aliphatic carbocycles. The molecule has 0 aromatic carbocycles. The zero-order valence-corrected chi connectivity index (χ0v) is 21.1. The van der Waals surface area contributed by atoms with Crippen molar-refractivity contribution in [3.63, 3.8) is 0 Å². The second-order valence-electron chi connectivity index (χ2n) is 11.6. The van der Waals surface area contributed by atoms with Crippen LogP contribution in [0.15, 0.2) is 0 Å². The Labute approximate surface area is 204 Å². The minimum absolute atomic E-state index is 0.00698. The summed E-state index contributed by atoms with van der Waals surface area (Å²) in [5.41, 5.74) is 9.09. The molecule has 6 N–H and O–H groups in total. The van der Waals surface area contributed by atoms with Gasteiger partial charge in [-0.15, -0.1) is 0 Å². The van der Waals surface area contributed by atoms with Crippen molar-refractivity contribution < 1.29 is 14.4 Å². The van der Waals surface area contributed by atoms with Gasteiger partial charge in [0.15, 0.2) is 0 Å². The van der Waals surface area contributed by atoms with Crippen LogP contribution >= 0.6 is 0 Å². The van der Waals surface area contributed by atoms with Gasteiger partial charge < -0.3 is 5.32 Å². The molecule has 5 atom stereocenters. The van der Waals surface area contributed by atoms with Crippen molar-refractivity contribution in [1.82, 2.24) is 32.3 Å². The van der Waals surface area contributed by atoms with Crippen molar-refractivity contribution in [3.8, 4) is 0 Å². The summed E-state index contributed by atoms with van der Waals surface area (Å²) in [6.07, 6.45) is 13.4. The van der Waals surface area contributed by atoms with Gasteiger partial charge in [-0.25, -0.2) is 5.43 Å². The summed E-state index contributed by atoms with van der Waals surface area (Å²) in [6.45, 7) is 5.70. The lowest BCUT2D eigenvalue weighted by Gasteiger charge is -2.42. The van der Waals surface area contributed by atoms with Crippen LogP contribution in [0.3, 0.4) is 0 Å². The van der Waals surface area contributed by atoms with Crippen molar-refractivity contribution in [2.75, 3.05) is 13.1 Å². The molecule has 2 amide bonds. The molecule has 2 saturated heterocycles. The largest absolute Gasteiger partial charge is 0.356 e. The van der Waals surface area contributed by atoms with Crippen LogP contribution in [0.2, 0.25) is 0 Å². The molecule has 2 aliphatic heterocycles. The Bertz CT molecular complexity index is 684. The van der Waals surface area contributed by atoms with Crippen molar-refractivity contribution in [3.05, 3.63) is 0 Å². The third-order valence-electron chi connectivity index (χ3n) is 8.19. The lowest BCUT2D eigenvalue weighted by molar-refractivity contribution is -0.134. The predicted octanol–water partition coefficient (Wildman–Crippen LogP) is 2.01. The number of rotatable bonds is 10. The molecule has 0 aromatic rings. The first-order chi connectivity index (χ1) is 16.4. The molecule has 0 bridgehead atoms. The molecule has 194 valence electrons. The second-order valence-corrected chi connectivity index (χ2v) is 11.6. The molecule has 0 radical (unpaired) electrons. The zero-order valence-electron chi connectivity index (χ0n) is 21.1. The third-order valence-corrected chi connectivity index (χ3v) is 8.19. The number of fused-ring (bicyclic) bond motifs is 1. The number of hydrogen-bond donors (Lipinski definition) is 6. The van der Waals surface area contributed by atoms with Crippen LogP contribution in [0.5, 0.6) is 0 Å². The van der Waals surface area contributed by atoms with Crippen LogP contribution in [0.4, 0.5) is 0 Å². The Kier molecular flexibility index (Phi) is 9.21. The van der Waals surface area contributed by atoms with E-state index in [0.29, 0.717) is 24.8 Å². The first kappa shape index (κ1) is 25.8. The van der Waals surface area contributed by atoms with Crippen molar-refractivity contribution >= 4 is 11.8 Å². The predicted molar refractivity (Wildman–Crippen MR) is 131 cm³/mol. The fourth-order valence-electron chi connectivity index (χ4n) is 6.02. The lowest BCUT2D eigenvalue weighted by Crippen LogP contribution is -2.65. The molecular weight excluding hydrogens is 432 g/mol. The Hall–Kier alpha value is -1.26. The highest BCUT2D eigenvalue weighted by Gasteiger charge is 2.40. The van der Waals surface area contributed by atoms with E-state index in [4.69, 9.17) is 4.84 Å². The Morgan fingerprint density at radius 3 is 2.65 bits per heavy atom. The number of amides is 2. The molecule has 4 rings (SSSR count). The normalized spacial score (nSPS) is 32.8. The number of hydrazine groups is 1. The minimum Gasteiger partial charge on any atom is -0.356 e. The smallest absolute Gasteiger partial charge is 0.237 e. The number of hydroxylamine groups is 1. The maximum atomic E-state index is 12.4. The lowest BCUT2D eigenvalue weighted by atomic mass is 9.76. The topological polar surface area (TPSA) is 116 Å². The monoisotopic (exact) mass is 478 g/mol. The Morgan fingerprint density at radius 2 is 1.82 bits per heavy atom. The molecule has 4 fully saturated rings. The number of carbonyl (C=O) groups is 2. The van der Waals surface area contributed by atoms with Crippen LogP contribution in [0, 0.1) is 23.2 Å². The standard InChI is InChI=1S/C25H46N6O3/c1-25(2,16-27-23-18-11-6-7-12-19(18)24(33)30-29-23)15-26-20(32)13-8-14-21-28-22(31-34-21)17-9-4-3-5-10-17/h17-19,21-23,27-29,31H,3-16H2,1-2H3,(H,26,32)(H,30,33). The summed E-state index contributed by atoms with van der Waals surface area (Å²) < 4.78 is 0. The highest BCUT2D eigenvalue weighted by Crippen LogP contribution is 2.33. The molecule has 34 heavy (non-hydrogen) atoms. The first-order valence-corrected chi connectivity index (χ1v) is 13.6. The van der Waals surface area contributed by atoms with Gasteiger partial charge in [-0.05, 0) is 49.9 Å². The fraction of sp³-hybridized carbons (Fsp3) is 0.920. The Balaban J connectivity index is 1.10. The van der Waals surface area contributed by atoms with Gasteiger partial charge in [0.2, 0.25) is 11.8 Å². The van der Waals surface area contributed by atoms with Crippen LogP contribution in [-0.2, 0) is 14.4 Å². The van der Waals surface area contributed by atoms with Gasteiger partial charge in [0.1, 0.15) is 6.23 Å². The molecular formula is C25H46N6O3. The highest BCUT2D eigenvalue weighted by atomic mass is 16.7. The molecule has 2 saturated carbocycles. The van der Waals surface area contributed by atoms with Crippen LogP contribution in [-0.4, -0.2) is 43.5 Å². The molecule has 9 heteroatoms. The van der Waals surface area contributed by atoms with E-state index in [0.717, 1.165) is 38.6 Å². The number of hydrogen-bond acceptors (Lipinski definition) is 7. The summed E-state index contributed by atoms with van der Waals surface area (Å²) in [4.78, 5) is 30.3.